The van der Waals surface area contributed by atoms with Gasteiger partial charge in [-0.15, -0.1) is 0 Å². The summed E-state index contributed by atoms with van der Waals surface area (Å²) in [6.45, 7) is 2.01. The second-order valence-electron chi connectivity index (χ2n) is 5.69. The van der Waals surface area contributed by atoms with E-state index in [0.29, 0.717) is 38.3 Å². The van der Waals surface area contributed by atoms with E-state index >= 15 is 0 Å². The summed E-state index contributed by atoms with van der Waals surface area (Å²) in [7, 11) is 0. The van der Waals surface area contributed by atoms with Crippen molar-refractivity contribution in [2.75, 3.05) is 0 Å². The molecule has 2 heterocycles. The third kappa shape index (κ3) is 4.40. The first-order valence-corrected chi connectivity index (χ1v) is 9.65. The van der Waals surface area contributed by atoms with Gasteiger partial charge in [-0.05, 0) is 12.5 Å². The molecule has 1 aromatic carbocycles. The molecular weight excluding hydrogens is 413 g/mol. The van der Waals surface area contributed by atoms with E-state index in [1.54, 1.807) is 12.1 Å². The molecule has 0 aliphatic heterocycles. The van der Waals surface area contributed by atoms with E-state index in [1.165, 1.54) is 17.0 Å². The number of nitrogens with zero attached hydrogens (tertiary/aromatic N) is 3. The molecule has 0 radical (unpaired) electrons. The molecule has 1 atom stereocenters. The Morgan fingerprint density at radius 2 is 2.04 bits per heavy atom. The number of aromatic nitrogens is 3. The molecule has 0 fully saturated rings. The van der Waals surface area contributed by atoms with Crippen molar-refractivity contribution >= 4 is 50.7 Å². The van der Waals surface area contributed by atoms with E-state index in [0.717, 1.165) is 11.3 Å². The average molecular weight is 428 g/mol. The van der Waals surface area contributed by atoms with Crippen molar-refractivity contribution < 1.29 is 14.6 Å². The first-order chi connectivity index (χ1) is 12.9. The van der Waals surface area contributed by atoms with Gasteiger partial charge in [0.25, 0.3) is 0 Å². The van der Waals surface area contributed by atoms with E-state index in [2.05, 4.69) is 9.97 Å². The Kier molecular flexibility index (Phi) is 5.98. The zero-order chi connectivity index (χ0) is 19.6. The quantitative estimate of drug-likeness (QED) is 0.607. The fourth-order valence-electron chi connectivity index (χ4n) is 2.53. The first kappa shape index (κ1) is 19.6. The van der Waals surface area contributed by atoms with Crippen LogP contribution >= 0.6 is 34.5 Å². The lowest BCUT2D eigenvalue weighted by Gasteiger charge is -2.17. The van der Waals surface area contributed by atoms with Crippen LogP contribution in [-0.4, -0.2) is 25.6 Å². The van der Waals surface area contributed by atoms with Gasteiger partial charge in [0.05, 0.1) is 26.7 Å². The number of fused-ring (bicyclic) bond motifs is 1. The number of hydrogen-bond acceptors (Lipinski definition) is 6. The number of halogens is 2. The van der Waals surface area contributed by atoms with Crippen LogP contribution in [0.3, 0.4) is 0 Å². The maximum Gasteiger partial charge on any atom is 0.308 e. The van der Waals surface area contributed by atoms with Crippen LogP contribution in [0.2, 0.25) is 10.0 Å². The molecule has 0 spiro atoms. The van der Waals surface area contributed by atoms with E-state index in [9.17, 15) is 9.59 Å². The Bertz CT molecular complexity index is 1030. The monoisotopic (exact) mass is 427 g/mol. The minimum Gasteiger partial charge on any atom is -0.481 e. The summed E-state index contributed by atoms with van der Waals surface area (Å²) in [6, 6.07) is 3.29. The zero-order valence-corrected chi connectivity index (χ0v) is 16.5. The Labute approximate surface area is 168 Å². The lowest BCUT2D eigenvalue weighted by molar-refractivity contribution is -0.137. The van der Waals surface area contributed by atoms with Gasteiger partial charge in [0, 0.05) is 25.0 Å². The van der Waals surface area contributed by atoms with Gasteiger partial charge >= 0.3 is 10.8 Å². The highest BCUT2D eigenvalue weighted by Gasteiger charge is 2.18. The van der Waals surface area contributed by atoms with Crippen LogP contribution in [0.1, 0.15) is 31.7 Å². The van der Waals surface area contributed by atoms with Gasteiger partial charge < -0.3 is 9.84 Å². The predicted octanol–water partition coefficient (Wildman–Crippen LogP) is 4.16. The SMILES string of the molecule is CCC(Oc1cc2sc(=O)n(CCC(=O)O)c2cc1Cl)c1ncc(Cl)cn1. The van der Waals surface area contributed by atoms with Crippen LogP contribution in [0.15, 0.2) is 29.3 Å². The van der Waals surface area contributed by atoms with Crippen molar-refractivity contribution in [2.45, 2.75) is 32.4 Å². The molecule has 1 N–H and O–H groups in total. The number of rotatable bonds is 7. The minimum atomic E-state index is -0.971. The van der Waals surface area contributed by atoms with E-state index in [4.69, 9.17) is 33.0 Å². The Balaban J connectivity index is 1.93. The third-order valence-electron chi connectivity index (χ3n) is 3.84. The molecular formula is C17H15Cl2N3O4S. The predicted molar refractivity (Wildman–Crippen MR) is 104 cm³/mol. The number of aliphatic carboxylic acids is 1. The summed E-state index contributed by atoms with van der Waals surface area (Å²) >= 11 is 13.2. The van der Waals surface area contributed by atoms with Gasteiger partial charge in [0.2, 0.25) is 0 Å². The number of benzene rings is 1. The molecule has 0 amide bonds. The van der Waals surface area contributed by atoms with Crippen molar-refractivity contribution in [1.82, 2.24) is 14.5 Å². The summed E-state index contributed by atoms with van der Waals surface area (Å²) in [5, 5.41) is 9.59. The van der Waals surface area contributed by atoms with Crippen molar-refractivity contribution in [3.05, 3.63) is 50.1 Å². The molecule has 142 valence electrons. The Morgan fingerprint density at radius 1 is 1.33 bits per heavy atom. The van der Waals surface area contributed by atoms with Crippen LogP contribution in [0.5, 0.6) is 5.75 Å². The smallest absolute Gasteiger partial charge is 0.308 e. The topological polar surface area (TPSA) is 94.3 Å². The maximum atomic E-state index is 12.2. The second-order valence-corrected chi connectivity index (χ2v) is 7.52. The van der Waals surface area contributed by atoms with Gasteiger partial charge in [-0.1, -0.05) is 41.5 Å². The Hall–Kier alpha value is -2.16. The minimum absolute atomic E-state index is 0.0842. The fourth-order valence-corrected chi connectivity index (χ4v) is 3.76. The second kappa shape index (κ2) is 8.24. The number of carboxylic acid groups (broad SMARTS) is 1. The number of thiazole rings is 1. The summed E-state index contributed by atoms with van der Waals surface area (Å²) in [5.41, 5.74) is 0.583. The zero-order valence-electron chi connectivity index (χ0n) is 14.2. The lowest BCUT2D eigenvalue weighted by atomic mass is 10.2. The highest BCUT2D eigenvalue weighted by atomic mass is 35.5. The van der Waals surface area contributed by atoms with Gasteiger partial charge in [-0.3, -0.25) is 14.2 Å². The van der Waals surface area contributed by atoms with Crippen molar-refractivity contribution in [3.8, 4) is 5.75 Å². The lowest BCUT2D eigenvalue weighted by Crippen LogP contribution is -2.15. The molecule has 3 aromatic rings. The summed E-state index contributed by atoms with van der Waals surface area (Å²) in [4.78, 5) is 31.1. The molecule has 7 nitrogen and oxygen atoms in total. The molecule has 1 unspecified atom stereocenters. The summed E-state index contributed by atoms with van der Waals surface area (Å²) < 4.78 is 8.05. The van der Waals surface area contributed by atoms with Crippen molar-refractivity contribution in [1.29, 1.82) is 0 Å². The van der Waals surface area contributed by atoms with Gasteiger partial charge in [-0.25, -0.2) is 9.97 Å². The van der Waals surface area contributed by atoms with E-state index < -0.39 is 12.1 Å². The van der Waals surface area contributed by atoms with Crippen LogP contribution < -0.4 is 9.61 Å². The molecule has 0 saturated heterocycles. The fraction of sp³-hybridized carbons (Fsp3) is 0.294. The van der Waals surface area contributed by atoms with Crippen LogP contribution in [0.25, 0.3) is 10.2 Å². The number of hydrogen-bond donors (Lipinski definition) is 1. The summed E-state index contributed by atoms with van der Waals surface area (Å²) in [6.07, 6.45) is 3.02. The standard InChI is InChI=1S/C17H15Cl2N3O4S/c1-2-12(16-20-7-9(18)8-21-16)26-13-6-14-11(5-10(13)19)22(17(25)27-14)4-3-15(23)24/h5-8,12H,2-4H2,1H3,(H,23,24). The molecule has 0 bridgehead atoms. The highest BCUT2D eigenvalue weighted by Crippen LogP contribution is 2.34. The van der Waals surface area contributed by atoms with Crippen LogP contribution in [0.4, 0.5) is 0 Å². The number of aryl methyl sites for hydroxylation is 1. The van der Waals surface area contributed by atoms with E-state index in [1.807, 2.05) is 6.92 Å². The number of carbonyl (C=O) groups is 1. The number of ether oxygens (including phenoxy) is 1. The third-order valence-corrected chi connectivity index (χ3v) is 5.27. The first-order valence-electron chi connectivity index (χ1n) is 8.07. The van der Waals surface area contributed by atoms with Crippen LogP contribution in [0, 0.1) is 0 Å². The molecule has 10 heteroatoms. The highest BCUT2D eigenvalue weighted by molar-refractivity contribution is 7.16. The van der Waals surface area contributed by atoms with Crippen LogP contribution in [-0.2, 0) is 11.3 Å². The molecule has 27 heavy (non-hydrogen) atoms. The van der Waals surface area contributed by atoms with Crippen molar-refractivity contribution in [3.63, 3.8) is 0 Å². The van der Waals surface area contributed by atoms with Crippen molar-refractivity contribution in [2.24, 2.45) is 0 Å². The van der Waals surface area contributed by atoms with E-state index in [-0.39, 0.29) is 17.8 Å². The summed E-state index contributed by atoms with van der Waals surface area (Å²) in [5.74, 6) is -0.0902. The van der Waals surface area contributed by atoms with Gasteiger partial charge in [-0.2, -0.15) is 0 Å². The molecule has 0 saturated carbocycles. The normalized spacial score (nSPS) is 12.3. The largest absolute Gasteiger partial charge is 0.481 e. The van der Waals surface area contributed by atoms with Gasteiger partial charge in [0.15, 0.2) is 11.9 Å². The Morgan fingerprint density at radius 3 is 2.67 bits per heavy atom. The van der Waals surface area contributed by atoms with Gasteiger partial charge in [0.1, 0.15) is 5.75 Å². The molecule has 2 aromatic heterocycles. The molecule has 0 aliphatic rings. The average Bonchev–Trinajstić information content (AvgIpc) is 2.93. The number of carboxylic acids is 1. The molecule has 3 rings (SSSR count). The molecule has 0 aliphatic carbocycles. The maximum absolute atomic E-state index is 12.2.